The number of aryl methyl sites for hydroxylation is 1. The first-order valence-corrected chi connectivity index (χ1v) is 14.0. The first-order valence-electron chi connectivity index (χ1n) is 14.0. The molecule has 0 unspecified atom stereocenters. The van der Waals surface area contributed by atoms with Gasteiger partial charge in [0, 0.05) is 18.0 Å². The number of nitrogens with two attached hydrogens (primary N) is 1. The maximum atomic E-state index is 13.9. The van der Waals surface area contributed by atoms with E-state index in [1.807, 2.05) is 6.07 Å². The molecule has 0 saturated heterocycles. The predicted molar refractivity (Wildman–Crippen MR) is 151 cm³/mol. The number of carbonyl (C=O) groups excluding carboxylic acids is 3. The monoisotopic (exact) mass is 544 g/mol. The highest BCUT2D eigenvalue weighted by molar-refractivity contribution is 6.24. The lowest BCUT2D eigenvalue weighted by molar-refractivity contribution is -0.142. The number of amides is 1. The fourth-order valence-corrected chi connectivity index (χ4v) is 6.75. The van der Waals surface area contributed by atoms with E-state index in [0.717, 1.165) is 48.3 Å². The zero-order valence-electron chi connectivity index (χ0n) is 23.2. The van der Waals surface area contributed by atoms with Gasteiger partial charge in [0.1, 0.15) is 11.5 Å². The minimum absolute atomic E-state index is 0.0717. The lowest BCUT2D eigenvalue weighted by atomic mass is 9.60. The molecule has 0 heterocycles. The Bertz CT molecular complexity index is 1480. The molecule has 3 atom stereocenters. The number of phenolic OH excluding ortho intramolecular Hbond substituents is 1. The van der Waals surface area contributed by atoms with Gasteiger partial charge in [0.25, 0.3) is 5.91 Å². The van der Waals surface area contributed by atoms with Crippen molar-refractivity contribution in [3.63, 3.8) is 0 Å². The number of phenols is 1. The molecule has 0 aliphatic heterocycles. The van der Waals surface area contributed by atoms with E-state index < -0.39 is 40.7 Å². The van der Waals surface area contributed by atoms with Crippen molar-refractivity contribution in [1.82, 2.24) is 4.90 Å². The Morgan fingerprint density at radius 1 is 1.07 bits per heavy atom. The van der Waals surface area contributed by atoms with E-state index in [9.17, 15) is 29.7 Å². The standard InChI is InChI=1S/C32H36N2O6/c1-4-18-8-7-17(16-34(5-2)6-3)13-23(18)21-11-12-25(35)27-24(21)15-19-14-20-9-10-22(31(33)39)29(37)32(20,40)30(38)26(19)28(27)36/h7-8,10-13,19-20,35,38,40H,4-6,9,14-16H2,1-3H3,(H2,33,39)/t19-,20-,32-/m1/s1. The van der Waals surface area contributed by atoms with Crippen molar-refractivity contribution in [3.05, 3.63) is 75.6 Å². The van der Waals surface area contributed by atoms with Gasteiger partial charge in [-0.25, -0.2) is 0 Å². The number of hydrogen-bond donors (Lipinski definition) is 4. The van der Waals surface area contributed by atoms with Crippen LogP contribution in [0.3, 0.4) is 0 Å². The maximum absolute atomic E-state index is 13.9. The van der Waals surface area contributed by atoms with E-state index in [-0.39, 0.29) is 35.3 Å². The zero-order valence-corrected chi connectivity index (χ0v) is 23.2. The summed E-state index contributed by atoms with van der Waals surface area (Å²) >= 11 is 0. The number of nitrogens with zero attached hydrogens (tertiary/aromatic N) is 1. The molecule has 5 rings (SSSR count). The topological polar surface area (TPSA) is 141 Å². The number of carbonyl (C=O) groups is 3. The minimum atomic E-state index is -2.40. The first-order chi connectivity index (χ1) is 19.1. The summed E-state index contributed by atoms with van der Waals surface area (Å²) < 4.78 is 0. The van der Waals surface area contributed by atoms with Gasteiger partial charge in [-0.15, -0.1) is 0 Å². The Labute approximate surface area is 233 Å². The quantitative estimate of drug-likeness (QED) is 0.389. The van der Waals surface area contributed by atoms with Gasteiger partial charge in [-0.05, 0) is 84.6 Å². The van der Waals surface area contributed by atoms with Crippen LogP contribution in [0.15, 0.2) is 53.3 Å². The van der Waals surface area contributed by atoms with Crippen LogP contribution >= 0.6 is 0 Å². The Kier molecular flexibility index (Phi) is 7.18. The van der Waals surface area contributed by atoms with Crippen LogP contribution in [0.5, 0.6) is 5.75 Å². The molecule has 0 saturated carbocycles. The van der Waals surface area contributed by atoms with Crippen molar-refractivity contribution in [2.75, 3.05) is 13.1 Å². The Hall–Kier alpha value is -3.75. The number of aliphatic hydroxyl groups excluding tert-OH is 1. The number of aromatic hydroxyl groups is 1. The van der Waals surface area contributed by atoms with Crippen LogP contribution < -0.4 is 5.73 Å². The van der Waals surface area contributed by atoms with E-state index >= 15 is 0 Å². The molecule has 8 heteroatoms. The SMILES string of the molecule is CCc1ccc(CN(CC)CC)cc1-c1ccc(O)c2c1C[C@H]1C[C@H]3CC=C(C(N)=O)C(=O)[C@@]3(O)C(O)=C1C2=O. The lowest BCUT2D eigenvalue weighted by Crippen LogP contribution is -2.56. The number of ketones is 2. The van der Waals surface area contributed by atoms with Crippen LogP contribution in [0.1, 0.15) is 60.7 Å². The summed E-state index contributed by atoms with van der Waals surface area (Å²) in [6.45, 7) is 8.98. The number of primary amides is 1. The van der Waals surface area contributed by atoms with Crippen LogP contribution in [-0.2, 0) is 29.0 Å². The Morgan fingerprint density at radius 3 is 2.45 bits per heavy atom. The summed E-state index contributed by atoms with van der Waals surface area (Å²) in [5, 5.41) is 33.6. The third-order valence-electron chi connectivity index (χ3n) is 9.01. The molecule has 0 bridgehead atoms. The highest BCUT2D eigenvalue weighted by atomic mass is 16.3. The second kappa shape index (κ2) is 10.3. The lowest BCUT2D eigenvalue weighted by Gasteiger charge is -2.45. The molecule has 1 amide bonds. The molecule has 0 fully saturated rings. The smallest absolute Gasteiger partial charge is 0.252 e. The number of allylic oxidation sites excluding steroid dienone is 2. The second-order valence-electron chi connectivity index (χ2n) is 11.0. The summed E-state index contributed by atoms with van der Waals surface area (Å²) in [5.41, 5.74) is 7.37. The molecule has 40 heavy (non-hydrogen) atoms. The number of aliphatic hydroxyl groups is 2. The highest BCUT2D eigenvalue weighted by Gasteiger charge is 2.58. The number of rotatable bonds is 7. The van der Waals surface area contributed by atoms with Crippen LogP contribution in [0, 0.1) is 11.8 Å². The van der Waals surface area contributed by atoms with Crippen LogP contribution in [0.2, 0.25) is 0 Å². The average Bonchev–Trinajstić information content (AvgIpc) is 2.93. The van der Waals surface area contributed by atoms with E-state index in [0.29, 0.717) is 12.0 Å². The van der Waals surface area contributed by atoms with Gasteiger partial charge in [-0.1, -0.05) is 45.0 Å². The minimum Gasteiger partial charge on any atom is -0.508 e. The Morgan fingerprint density at radius 2 is 1.80 bits per heavy atom. The molecule has 3 aliphatic carbocycles. The largest absolute Gasteiger partial charge is 0.508 e. The third kappa shape index (κ3) is 4.17. The van der Waals surface area contributed by atoms with Gasteiger partial charge in [0.15, 0.2) is 11.4 Å². The number of fused-ring (bicyclic) bond motifs is 3. The van der Waals surface area contributed by atoms with Gasteiger partial charge in [-0.3, -0.25) is 19.3 Å². The summed E-state index contributed by atoms with van der Waals surface area (Å²) in [4.78, 5) is 41.2. The van der Waals surface area contributed by atoms with E-state index in [4.69, 9.17) is 5.73 Å². The first kappa shape index (κ1) is 27.8. The summed E-state index contributed by atoms with van der Waals surface area (Å²) in [6, 6.07) is 9.74. The second-order valence-corrected chi connectivity index (χ2v) is 11.0. The summed E-state index contributed by atoms with van der Waals surface area (Å²) in [7, 11) is 0. The third-order valence-corrected chi connectivity index (χ3v) is 9.01. The molecular weight excluding hydrogens is 508 g/mol. The van der Waals surface area contributed by atoms with Crippen LogP contribution in [-0.4, -0.2) is 56.4 Å². The molecule has 8 nitrogen and oxygen atoms in total. The van der Waals surface area contributed by atoms with Gasteiger partial charge < -0.3 is 21.1 Å². The van der Waals surface area contributed by atoms with Crippen LogP contribution in [0.25, 0.3) is 11.1 Å². The van der Waals surface area contributed by atoms with Crippen molar-refractivity contribution >= 4 is 17.5 Å². The molecule has 0 radical (unpaired) electrons. The Balaban J connectivity index is 1.64. The molecule has 3 aliphatic rings. The molecule has 0 aromatic heterocycles. The normalized spacial score (nSPS) is 24.0. The zero-order chi connectivity index (χ0) is 28.9. The van der Waals surface area contributed by atoms with Crippen molar-refractivity contribution in [3.8, 4) is 16.9 Å². The molecule has 2 aromatic rings. The van der Waals surface area contributed by atoms with Gasteiger partial charge in [-0.2, -0.15) is 0 Å². The van der Waals surface area contributed by atoms with Gasteiger partial charge in [0.05, 0.1) is 11.1 Å². The van der Waals surface area contributed by atoms with Crippen molar-refractivity contribution in [1.29, 1.82) is 0 Å². The average molecular weight is 545 g/mol. The van der Waals surface area contributed by atoms with Gasteiger partial charge >= 0.3 is 0 Å². The molecule has 5 N–H and O–H groups in total. The molecular formula is C32H36N2O6. The molecule has 210 valence electrons. The van der Waals surface area contributed by atoms with E-state index in [2.05, 4.69) is 43.9 Å². The fourth-order valence-electron chi connectivity index (χ4n) is 6.75. The van der Waals surface area contributed by atoms with E-state index in [1.54, 1.807) is 0 Å². The maximum Gasteiger partial charge on any atom is 0.252 e. The number of benzene rings is 2. The van der Waals surface area contributed by atoms with Crippen molar-refractivity contribution in [2.45, 2.75) is 58.6 Å². The summed E-state index contributed by atoms with van der Waals surface area (Å²) in [5.74, 6) is -4.73. The van der Waals surface area contributed by atoms with E-state index in [1.165, 1.54) is 12.1 Å². The molecule has 2 aromatic carbocycles. The fraction of sp³-hybridized carbons (Fsp3) is 0.406. The van der Waals surface area contributed by atoms with Crippen molar-refractivity contribution in [2.24, 2.45) is 17.6 Å². The highest BCUT2D eigenvalue weighted by Crippen LogP contribution is 2.51. The number of Topliss-reactive ketones (excluding diaryl/α,β-unsaturated/α-hetero) is 2. The van der Waals surface area contributed by atoms with Gasteiger partial charge in [0.2, 0.25) is 5.78 Å². The predicted octanol–water partition coefficient (Wildman–Crippen LogP) is 3.77. The van der Waals surface area contributed by atoms with Crippen molar-refractivity contribution < 1.29 is 29.7 Å². The number of hydrogen-bond acceptors (Lipinski definition) is 7. The molecule has 0 spiro atoms. The van der Waals surface area contributed by atoms with Crippen LogP contribution in [0.4, 0.5) is 0 Å². The summed E-state index contributed by atoms with van der Waals surface area (Å²) in [6.07, 6.45) is 2.96.